The molecule has 116 valence electrons. The van der Waals surface area contributed by atoms with Crippen molar-refractivity contribution in [3.05, 3.63) is 33.9 Å². The molecule has 1 fully saturated rings. The summed E-state index contributed by atoms with van der Waals surface area (Å²) >= 11 is 0. The number of hydrogen-bond acceptors (Lipinski definition) is 4. The maximum Gasteiger partial charge on any atom is 0.407 e. The summed E-state index contributed by atoms with van der Waals surface area (Å²) in [6.07, 6.45) is -1.73. The number of rotatable bonds is 3. The Labute approximate surface area is 119 Å². The minimum absolute atomic E-state index is 0.296. The van der Waals surface area contributed by atoms with Gasteiger partial charge in [-0.1, -0.05) is 6.07 Å². The quantitative estimate of drug-likeness (QED) is 0.687. The number of piperidine rings is 1. The van der Waals surface area contributed by atoms with E-state index in [2.05, 4.69) is 0 Å². The molecule has 0 aliphatic carbocycles. The van der Waals surface area contributed by atoms with Crippen LogP contribution in [0.1, 0.15) is 30.9 Å². The first kappa shape index (κ1) is 15.6. The minimum atomic E-state index is -4.62. The molecule has 0 radical (unpaired) electrons. The van der Waals surface area contributed by atoms with Gasteiger partial charge in [0.1, 0.15) is 11.7 Å². The highest BCUT2D eigenvalue weighted by Gasteiger charge is 2.38. The van der Waals surface area contributed by atoms with Crippen LogP contribution in [-0.2, 0) is 0 Å². The summed E-state index contributed by atoms with van der Waals surface area (Å²) in [7, 11) is 0. The van der Waals surface area contributed by atoms with E-state index in [1.54, 1.807) is 0 Å². The van der Waals surface area contributed by atoms with Crippen molar-refractivity contribution < 1.29 is 18.1 Å². The largest absolute Gasteiger partial charge is 0.407 e. The van der Waals surface area contributed by atoms with Crippen LogP contribution in [0, 0.1) is 10.1 Å². The molecule has 5 nitrogen and oxygen atoms in total. The van der Waals surface area contributed by atoms with Gasteiger partial charge < -0.3 is 10.6 Å². The van der Waals surface area contributed by atoms with Gasteiger partial charge >= 0.3 is 6.18 Å². The predicted molar refractivity (Wildman–Crippen MR) is 72.1 cm³/mol. The molecule has 1 heterocycles. The van der Waals surface area contributed by atoms with E-state index in [0.29, 0.717) is 18.8 Å². The van der Waals surface area contributed by atoms with Crippen molar-refractivity contribution in [3.8, 4) is 0 Å². The van der Waals surface area contributed by atoms with Crippen molar-refractivity contribution in [2.24, 2.45) is 5.73 Å². The monoisotopic (exact) mass is 303 g/mol. The van der Waals surface area contributed by atoms with Crippen molar-refractivity contribution >= 4 is 11.4 Å². The Bertz CT molecular complexity index is 528. The lowest BCUT2D eigenvalue weighted by atomic mass is 10.0. The van der Waals surface area contributed by atoms with Gasteiger partial charge in [-0.25, -0.2) is 0 Å². The Balaban J connectivity index is 2.37. The van der Waals surface area contributed by atoms with Crippen LogP contribution < -0.4 is 10.6 Å². The molecule has 0 unspecified atom stereocenters. The number of alkyl halides is 3. The Morgan fingerprint density at radius 1 is 1.24 bits per heavy atom. The van der Waals surface area contributed by atoms with Gasteiger partial charge in [0.15, 0.2) is 0 Å². The fourth-order valence-electron chi connectivity index (χ4n) is 2.47. The SMILES string of the molecule is N[C@H](c1ccc(N2CCCCC2)c([N+](=O)[O-])c1)C(F)(F)F. The molecule has 1 saturated heterocycles. The van der Waals surface area contributed by atoms with E-state index in [4.69, 9.17) is 5.73 Å². The standard InChI is InChI=1S/C13H16F3N3O2/c14-13(15,16)12(17)9-4-5-10(11(8-9)19(20)21)18-6-2-1-3-7-18/h4-5,8,12H,1-3,6-7,17H2/t12-/m1/s1. The van der Waals surface area contributed by atoms with Crippen LogP contribution in [0.3, 0.4) is 0 Å². The summed E-state index contributed by atoms with van der Waals surface area (Å²) in [5.74, 6) is 0. The van der Waals surface area contributed by atoms with Crippen LogP contribution in [-0.4, -0.2) is 24.2 Å². The van der Waals surface area contributed by atoms with Gasteiger partial charge in [0.2, 0.25) is 0 Å². The minimum Gasteiger partial charge on any atom is -0.366 e. The smallest absolute Gasteiger partial charge is 0.366 e. The molecular weight excluding hydrogens is 287 g/mol. The molecule has 0 bridgehead atoms. The lowest BCUT2D eigenvalue weighted by Gasteiger charge is -2.28. The van der Waals surface area contributed by atoms with Crippen LogP contribution in [0.25, 0.3) is 0 Å². The van der Waals surface area contributed by atoms with E-state index in [9.17, 15) is 23.3 Å². The molecule has 21 heavy (non-hydrogen) atoms. The van der Waals surface area contributed by atoms with Gasteiger partial charge in [0.05, 0.1) is 4.92 Å². The molecule has 1 aromatic carbocycles. The summed E-state index contributed by atoms with van der Waals surface area (Å²) in [5.41, 5.74) is 4.85. The van der Waals surface area contributed by atoms with Crippen LogP contribution >= 0.6 is 0 Å². The number of halogens is 3. The van der Waals surface area contributed by atoms with Crippen molar-refractivity contribution in [2.45, 2.75) is 31.5 Å². The van der Waals surface area contributed by atoms with Gasteiger partial charge in [-0.3, -0.25) is 10.1 Å². The first-order valence-electron chi connectivity index (χ1n) is 6.66. The molecule has 1 aliphatic rings. The van der Waals surface area contributed by atoms with Crippen LogP contribution in [0.2, 0.25) is 0 Å². The van der Waals surface area contributed by atoms with E-state index in [1.165, 1.54) is 12.1 Å². The van der Waals surface area contributed by atoms with Crippen molar-refractivity contribution in [1.82, 2.24) is 0 Å². The lowest BCUT2D eigenvalue weighted by molar-refractivity contribution is -0.384. The number of nitro groups is 1. The third-order valence-corrected chi connectivity index (χ3v) is 3.60. The van der Waals surface area contributed by atoms with E-state index in [0.717, 1.165) is 25.3 Å². The highest BCUT2D eigenvalue weighted by molar-refractivity contribution is 5.64. The Kier molecular flexibility index (Phi) is 4.36. The van der Waals surface area contributed by atoms with Crippen LogP contribution in [0.15, 0.2) is 18.2 Å². The first-order valence-corrected chi connectivity index (χ1v) is 6.66. The van der Waals surface area contributed by atoms with Crippen molar-refractivity contribution in [3.63, 3.8) is 0 Å². The molecule has 1 aliphatic heterocycles. The topological polar surface area (TPSA) is 72.4 Å². The van der Waals surface area contributed by atoms with Crippen LogP contribution in [0.5, 0.6) is 0 Å². The third-order valence-electron chi connectivity index (χ3n) is 3.60. The molecular formula is C13H16F3N3O2. The number of nitrogens with zero attached hydrogens (tertiary/aromatic N) is 2. The number of benzene rings is 1. The predicted octanol–water partition coefficient (Wildman–Crippen LogP) is 3.15. The van der Waals surface area contributed by atoms with Gasteiger partial charge in [-0.05, 0) is 30.9 Å². The normalized spacial score (nSPS) is 17.6. The summed E-state index contributed by atoms with van der Waals surface area (Å²) in [6, 6.07) is 1.30. The number of nitro benzene ring substituents is 1. The van der Waals surface area contributed by atoms with Gasteiger partial charge in [0, 0.05) is 19.2 Å². The zero-order valence-corrected chi connectivity index (χ0v) is 11.3. The maximum atomic E-state index is 12.6. The zero-order valence-electron chi connectivity index (χ0n) is 11.3. The lowest BCUT2D eigenvalue weighted by Crippen LogP contribution is -2.31. The first-order chi connectivity index (χ1) is 9.80. The second-order valence-electron chi connectivity index (χ2n) is 5.07. The number of nitrogens with two attached hydrogens (primary N) is 1. The average Bonchev–Trinajstić information content (AvgIpc) is 2.45. The molecule has 1 aromatic rings. The summed E-state index contributed by atoms with van der Waals surface area (Å²) in [4.78, 5) is 12.3. The zero-order chi connectivity index (χ0) is 15.6. The molecule has 0 aromatic heterocycles. The molecule has 2 N–H and O–H groups in total. The van der Waals surface area contributed by atoms with E-state index in [-0.39, 0.29) is 11.3 Å². The summed E-state index contributed by atoms with van der Waals surface area (Å²) in [6.45, 7) is 1.34. The third kappa shape index (κ3) is 3.44. The van der Waals surface area contributed by atoms with Gasteiger partial charge in [-0.15, -0.1) is 0 Å². The fourth-order valence-corrected chi connectivity index (χ4v) is 2.47. The number of anilines is 1. The Hall–Kier alpha value is -1.83. The highest BCUT2D eigenvalue weighted by atomic mass is 19.4. The fraction of sp³-hybridized carbons (Fsp3) is 0.538. The molecule has 2 rings (SSSR count). The maximum absolute atomic E-state index is 12.6. The summed E-state index contributed by atoms with van der Waals surface area (Å²) < 4.78 is 37.9. The van der Waals surface area contributed by atoms with Gasteiger partial charge in [-0.2, -0.15) is 13.2 Å². The average molecular weight is 303 g/mol. The Morgan fingerprint density at radius 2 is 1.86 bits per heavy atom. The van der Waals surface area contributed by atoms with Crippen molar-refractivity contribution in [1.29, 1.82) is 0 Å². The van der Waals surface area contributed by atoms with Gasteiger partial charge in [0.25, 0.3) is 5.69 Å². The molecule has 0 spiro atoms. The molecule has 1 atom stereocenters. The summed E-state index contributed by atoms with van der Waals surface area (Å²) in [5, 5.41) is 11.1. The van der Waals surface area contributed by atoms with E-state index in [1.807, 2.05) is 4.90 Å². The van der Waals surface area contributed by atoms with E-state index >= 15 is 0 Å². The second kappa shape index (κ2) is 5.88. The molecule has 8 heteroatoms. The second-order valence-corrected chi connectivity index (χ2v) is 5.07. The molecule has 0 saturated carbocycles. The molecule has 0 amide bonds. The highest BCUT2D eigenvalue weighted by Crippen LogP contribution is 2.36. The van der Waals surface area contributed by atoms with E-state index < -0.39 is 17.1 Å². The van der Waals surface area contributed by atoms with Crippen LogP contribution in [0.4, 0.5) is 24.5 Å². The number of hydrogen-bond donors (Lipinski definition) is 1. The van der Waals surface area contributed by atoms with Crippen molar-refractivity contribution in [2.75, 3.05) is 18.0 Å². The Morgan fingerprint density at radius 3 is 2.38 bits per heavy atom.